The number of rotatable bonds is 17. The number of benzene rings is 1. The maximum atomic E-state index is 13.1. The quantitative estimate of drug-likeness (QED) is 0.216. The number of nitrogens with two attached hydrogens (primary N) is 2. The van der Waals surface area contributed by atoms with E-state index in [1.807, 2.05) is 26.0 Å². The largest absolute Gasteiger partial charge is 0.493 e. The van der Waals surface area contributed by atoms with Crippen molar-refractivity contribution in [2.24, 2.45) is 35.1 Å². The van der Waals surface area contributed by atoms with Crippen molar-refractivity contribution in [2.75, 3.05) is 27.4 Å². The molecule has 2 rings (SSSR count). The molecule has 0 aliphatic heterocycles. The molecule has 0 spiro atoms. The minimum Gasteiger partial charge on any atom is -0.493 e. The number of aliphatic hydroxyl groups excluding tert-OH is 1. The van der Waals surface area contributed by atoms with Crippen LogP contribution in [0.5, 0.6) is 11.5 Å². The summed E-state index contributed by atoms with van der Waals surface area (Å²) >= 11 is 0. The Hall–Kier alpha value is -1.87. The summed E-state index contributed by atoms with van der Waals surface area (Å²) in [5.41, 5.74) is 13.7. The van der Waals surface area contributed by atoms with Crippen LogP contribution in [0.3, 0.4) is 0 Å². The van der Waals surface area contributed by atoms with Gasteiger partial charge in [0.1, 0.15) is 0 Å². The maximum Gasteiger partial charge on any atom is 0.223 e. The second kappa shape index (κ2) is 17.1. The lowest BCUT2D eigenvalue weighted by molar-refractivity contribution is -0.128. The lowest BCUT2D eigenvalue weighted by Crippen LogP contribution is -2.46. The van der Waals surface area contributed by atoms with Crippen LogP contribution in [0.15, 0.2) is 18.2 Å². The Kier molecular flexibility index (Phi) is 14.6. The predicted octanol–water partition coefficient (Wildman–Crippen LogP) is 4.05. The second-order valence-electron chi connectivity index (χ2n) is 12.1. The monoisotopic (exact) mass is 549 g/mol. The maximum absolute atomic E-state index is 13.1. The summed E-state index contributed by atoms with van der Waals surface area (Å²) in [5.74, 6) is 1.93. The van der Waals surface area contributed by atoms with Crippen LogP contribution in [0.2, 0.25) is 0 Å². The van der Waals surface area contributed by atoms with Gasteiger partial charge in [0.2, 0.25) is 5.91 Å². The minimum atomic E-state index is -0.750. The lowest BCUT2D eigenvalue weighted by atomic mass is 9.80. The molecule has 1 aromatic rings. The fourth-order valence-corrected chi connectivity index (χ4v) is 5.44. The minimum absolute atomic E-state index is 0.0217. The number of carbonyl (C=O) groups excluding carboxylic acids is 1. The molecule has 8 nitrogen and oxygen atoms in total. The number of hydrogen-bond acceptors (Lipinski definition) is 7. The van der Waals surface area contributed by atoms with Crippen molar-refractivity contribution in [1.29, 1.82) is 0 Å². The van der Waals surface area contributed by atoms with Crippen LogP contribution in [0.25, 0.3) is 0 Å². The third kappa shape index (κ3) is 11.3. The van der Waals surface area contributed by atoms with Crippen LogP contribution in [-0.2, 0) is 16.0 Å². The highest BCUT2D eigenvalue weighted by Gasteiger charge is 2.31. The summed E-state index contributed by atoms with van der Waals surface area (Å²) in [7, 11) is 3.32. The molecule has 39 heavy (non-hydrogen) atoms. The molecule has 0 saturated heterocycles. The summed E-state index contributed by atoms with van der Waals surface area (Å²) in [6.07, 6.45) is 5.62. The molecule has 4 atom stereocenters. The fourth-order valence-electron chi connectivity index (χ4n) is 5.44. The molecule has 1 saturated carbocycles. The van der Waals surface area contributed by atoms with Crippen LogP contribution < -0.4 is 26.3 Å². The number of amides is 1. The van der Waals surface area contributed by atoms with Crippen LogP contribution in [-0.4, -0.2) is 62.7 Å². The van der Waals surface area contributed by atoms with Crippen LogP contribution in [0, 0.1) is 23.7 Å². The van der Waals surface area contributed by atoms with E-state index in [0.29, 0.717) is 37.7 Å². The number of hydrogen-bond donors (Lipinski definition) is 4. The lowest BCUT2D eigenvalue weighted by Gasteiger charge is -2.32. The highest BCUT2D eigenvalue weighted by molar-refractivity contribution is 5.79. The zero-order valence-corrected chi connectivity index (χ0v) is 25.2. The molecule has 224 valence electrons. The Balaban J connectivity index is 1.99. The van der Waals surface area contributed by atoms with Gasteiger partial charge in [0.25, 0.3) is 0 Å². The van der Waals surface area contributed by atoms with Crippen molar-refractivity contribution in [3.63, 3.8) is 0 Å². The van der Waals surface area contributed by atoms with E-state index >= 15 is 0 Å². The van der Waals surface area contributed by atoms with Gasteiger partial charge in [-0.05, 0) is 80.4 Å². The molecule has 0 unspecified atom stereocenters. The Morgan fingerprint density at radius 1 is 1.03 bits per heavy atom. The summed E-state index contributed by atoms with van der Waals surface area (Å²) in [6.45, 7) is 9.65. The zero-order valence-electron chi connectivity index (χ0n) is 25.2. The van der Waals surface area contributed by atoms with Crippen molar-refractivity contribution in [3.05, 3.63) is 23.8 Å². The molecule has 0 aromatic heterocycles. The molecule has 0 bridgehead atoms. The van der Waals surface area contributed by atoms with Crippen molar-refractivity contribution in [2.45, 2.75) is 103 Å². The summed E-state index contributed by atoms with van der Waals surface area (Å²) < 4.78 is 16.6. The first kappa shape index (κ1) is 33.3. The van der Waals surface area contributed by atoms with Crippen LogP contribution in [0.1, 0.15) is 78.2 Å². The highest BCUT2D eigenvalue weighted by atomic mass is 16.5. The topological polar surface area (TPSA) is 129 Å². The molecule has 8 heteroatoms. The molecule has 0 radical (unpaired) electrons. The van der Waals surface area contributed by atoms with Crippen LogP contribution >= 0.6 is 0 Å². The average Bonchev–Trinajstić information content (AvgIpc) is 2.90. The molecular formula is C31H55N3O5. The van der Waals surface area contributed by atoms with Crippen molar-refractivity contribution >= 4 is 5.91 Å². The van der Waals surface area contributed by atoms with E-state index in [-0.39, 0.29) is 35.7 Å². The standard InChI is InChI=1S/C31H55N3O5/c1-20(2)23(16-22-8-13-29(38-6)30(17-22)39-15-7-14-37-5)18-27(33)28(35)19-26(21(3)4)31(36)34-25-11-9-24(32)10-12-25/h8,13,17,20-21,23-28,35H,7,9-12,14-16,18-19,32-33H2,1-6H3,(H,34,36)/t23-,24-,25-,26-,27-,28-/m0/s1. The number of aliphatic hydroxyl groups is 1. The number of carbonyl (C=O) groups is 1. The first-order valence-electron chi connectivity index (χ1n) is 14.8. The summed E-state index contributed by atoms with van der Waals surface area (Å²) in [4.78, 5) is 13.1. The van der Waals surface area contributed by atoms with Crippen LogP contribution in [0.4, 0.5) is 0 Å². The van der Waals surface area contributed by atoms with E-state index in [4.69, 9.17) is 25.7 Å². The van der Waals surface area contributed by atoms with Crippen molar-refractivity contribution in [3.8, 4) is 11.5 Å². The molecule has 1 fully saturated rings. The SMILES string of the molecule is COCCCOc1cc(C[C@@H](C[C@H](N)[C@@H](O)C[C@H](C(=O)N[C@H]2CC[C@H](N)CC2)C(C)C)C(C)C)ccc1OC. The third-order valence-corrected chi connectivity index (χ3v) is 8.24. The Bertz CT molecular complexity index is 842. The van der Waals surface area contributed by atoms with E-state index in [9.17, 15) is 9.90 Å². The summed E-state index contributed by atoms with van der Waals surface area (Å²) in [6, 6.07) is 6.05. The first-order valence-corrected chi connectivity index (χ1v) is 14.8. The molecule has 0 heterocycles. The molecule has 1 aliphatic rings. The van der Waals surface area contributed by atoms with Crippen molar-refractivity contribution < 1.29 is 24.1 Å². The van der Waals surface area contributed by atoms with Gasteiger partial charge in [-0.2, -0.15) is 0 Å². The van der Waals surface area contributed by atoms with Gasteiger partial charge in [-0.3, -0.25) is 4.79 Å². The van der Waals surface area contributed by atoms with Gasteiger partial charge in [-0.15, -0.1) is 0 Å². The predicted molar refractivity (Wildman–Crippen MR) is 157 cm³/mol. The van der Waals surface area contributed by atoms with Gasteiger partial charge in [-0.1, -0.05) is 33.8 Å². The van der Waals surface area contributed by atoms with E-state index in [0.717, 1.165) is 49.8 Å². The van der Waals surface area contributed by atoms with Gasteiger partial charge in [-0.25, -0.2) is 0 Å². The Labute approximate surface area is 236 Å². The number of methoxy groups -OCH3 is 2. The molecule has 6 N–H and O–H groups in total. The number of nitrogens with one attached hydrogen (secondary N) is 1. The van der Waals surface area contributed by atoms with Gasteiger partial charge >= 0.3 is 0 Å². The molecular weight excluding hydrogens is 494 g/mol. The van der Waals surface area contributed by atoms with Gasteiger partial charge in [0.05, 0.1) is 19.8 Å². The van der Waals surface area contributed by atoms with E-state index in [1.165, 1.54) is 0 Å². The smallest absolute Gasteiger partial charge is 0.223 e. The van der Waals surface area contributed by atoms with E-state index < -0.39 is 12.1 Å². The van der Waals surface area contributed by atoms with Gasteiger partial charge in [0.15, 0.2) is 11.5 Å². The zero-order chi connectivity index (χ0) is 28.9. The molecule has 1 aromatic carbocycles. The number of ether oxygens (including phenoxy) is 3. The van der Waals surface area contributed by atoms with E-state index in [1.54, 1.807) is 14.2 Å². The Morgan fingerprint density at radius 3 is 2.31 bits per heavy atom. The summed E-state index contributed by atoms with van der Waals surface area (Å²) in [5, 5.41) is 14.3. The van der Waals surface area contributed by atoms with Crippen molar-refractivity contribution in [1.82, 2.24) is 5.32 Å². The molecule has 1 amide bonds. The first-order chi connectivity index (χ1) is 18.5. The van der Waals surface area contributed by atoms with Gasteiger partial charge in [0, 0.05) is 44.2 Å². The molecule has 1 aliphatic carbocycles. The third-order valence-electron chi connectivity index (χ3n) is 8.24. The highest BCUT2D eigenvalue weighted by Crippen LogP contribution is 2.32. The van der Waals surface area contributed by atoms with E-state index in [2.05, 4.69) is 25.2 Å². The second-order valence-corrected chi connectivity index (χ2v) is 12.1. The van der Waals surface area contributed by atoms with Gasteiger partial charge < -0.3 is 36.1 Å². The average molecular weight is 550 g/mol. The fraction of sp³-hybridized carbons (Fsp3) is 0.774. The normalized spacial score (nSPS) is 20.9. The Morgan fingerprint density at radius 2 is 1.72 bits per heavy atom.